The molecule has 2 aromatic rings. The van der Waals surface area contributed by atoms with Gasteiger partial charge in [0, 0.05) is 18.9 Å². The van der Waals surface area contributed by atoms with Crippen molar-refractivity contribution in [2.45, 2.75) is 32.0 Å². The maximum Gasteiger partial charge on any atom is 0.416 e. The van der Waals surface area contributed by atoms with Gasteiger partial charge in [0.1, 0.15) is 0 Å². The van der Waals surface area contributed by atoms with Gasteiger partial charge in [-0.2, -0.15) is 13.2 Å². The van der Waals surface area contributed by atoms with Crippen molar-refractivity contribution in [1.29, 1.82) is 0 Å². The van der Waals surface area contributed by atoms with Gasteiger partial charge < -0.3 is 0 Å². The molecule has 0 spiro atoms. The summed E-state index contributed by atoms with van der Waals surface area (Å²) in [5.41, 5.74) is 1.63. The predicted octanol–water partition coefficient (Wildman–Crippen LogP) is 4.56. The molecule has 0 bridgehead atoms. The Labute approximate surface area is 140 Å². The van der Waals surface area contributed by atoms with Crippen LogP contribution in [0, 0.1) is 5.92 Å². The molecule has 0 atom stereocenters. The Bertz CT molecular complexity index is 630. The first-order valence-electron chi connectivity index (χ1n) is 8.28. The number of hydrogen-bond donors (Lipinski definition) is 0. The van der Waals surface area contributed by atoms with Crippen molar-refractivity contribution in [3.8, 4) is 0 Å². The Hall–Kier alpha value is -1.88. The number of hydrogen-bond acceptors (Lipinski definition) is 2. The van der Waals surface area contributed by atoms with E-state index in [1.54, 1.807) is 18.3 Å². The van der Waals surface area contributed by atoms with E-state index in [4.69, 9.17) is 0 Å². The quantitative estimate of drug-likeness (QED) is 0.815. The third-order valence-electron chi connectivity index (χ3n) is 4.64. The van der Waals surface area contributed by atoms with Gasteiger partial charge in [0.25, 0.3) is 0 Å². The lowest BCUT2D eigenvalue weighted by molar-refractivity contribution is -0.137. The summed E-state index contributed by atoms with van der Waals surface area (Å²) in [7, 11) is 0. The van der Waals surface area contributed by atoms with Crippen molar-refractivity contribution < 1.29 is 13.2 Å². The second kappa shape index (κ2) is 7.34. The fourth-order valence-electron chi connectivity index (χ4n) is 3.26. The summed E-state index contributed by atoms with van der Waals surface area (Å²) < 4.78 is 37.8. The van der Waals surface area contributed by atoms with Crippen LogP contribution in [0.2, 0.25) is 0 Å². The normalized spacial score (nSPS) is 17.1. The second-order valence-electron chi connectivity index (χ2n) is 6.48. The molecular weight excluding hydrogens is 313 g/mol. The number of rotatable bonds is 4. The Kier molecular flexibility index (Phi) is 5.19. The molecule has 1 aromatic heterocycles. The van der Waals surface area contributed by atoms with Gasteiger partial charge in [-0.1, -0.05) is 18.2 Å². The van der Waals surface area contributed by atoms with E-state index in [1.165, 1.54) is 17.7 Å². The zero-order chi connectivity index (χ0) is 17.0. The van der Waals surface area contributed by atoms with E-state index in [1.807, 2.05) is 12.3 Å². The molecule has 0 aliphatic carbocycles. The van der Waals surface area contributed by atoms with E-state index in [9.17, 15) is 13.2 Å². The van der Waals surface area contributed by atoms with Crippen LogP contribution in [0.3, 0.4) is 0 Å². The van der Waals surface area contributed by atoms with Crippen LogP contribution >= 0.6 is 0 Å². The maximum absolute atomic E-state index is 12.6. The minimum absolute atomic E-state index is 0.582. The summed E-state index contributed by atoms with van der Waals surface area (Å²) in [6.45, 7) is 2.70. The molecule has 0 saturated carbocycles. The van der Waals surface area contributed by atoms with Gasteiger partial charge >= 0.3 is 6.18 Å². The third kappa shape index (κ3) is 4.57. The molecular formula is C19H21F3N2. The third-order valence-corrected chi connectivity index (χ3v) is 4.64. The highest BCUT2D eigenvalue weighted by Crippen LogP contribution is 2.29. The van der Waals surface area contributed by atoms with Crippen LogP contribution in [0.15, 0.2) is 48.8 Å². The molecule has 5 heteroatoms. The Morgan fingerprint density at radius 3 is 2.29 bits per heavy atom. The van der Waals surface area contributed by atoms with Gasteiger partial charge in [-0.15, -0.1) is 0 Å². The van der Waals surface area contributed by atoms with E-state index in [2.05, 4.69) is 16.0 Å². The molecule has 1 aliphatic rings. The lowest BCUT2D eigenvalue weighted by Gasteiger charge is -2.32. The van der Waals surface area contributed by atoms with Crippen molar-refractivity contribution in [1.82, 2.24) is 9.88 Å². The molecule has 1 saturated heterocycles. The van der Waals surface area contributed by atoms with Gasteiger partial charge in [0.15, 0.2) is 0 Å². The average Bonchev–Trinajstić information content (AvgIpc) is 2.57. The van der Waals surface area contributed by atoms with E-state index in [0.29, 0.717) is 5.92 Å². The standard InChI is InChI=1S/C19H21F3N2/c20-19(21,22)18-5-3-16(4-6-18)14-24-10-7-15(8-11-24)12-17-2-1-9-23-13-17/h1-6,9,13,15H,7-8,10-12,14H2. The van der Waals surface area contributed by atoms with Crippen LogP contribution in [0.4, 0.5) is 13.2 Å². The van der Waals surface area contributed by atoms with E-state index in [0.717, 1.165) is 44.5 Å². The fourth-order valence-corrected chi connectivity index (χ4v) is 3.26. The zero-order valence-corrected chi connectivity index (χ0v) is 13.5. The first-order chi connectivity index (χ1) is 11.5. The number of halogens is 3. The summed E-state index contributed by atoms with van der Waals surface area (Å²) in [5, 5.41) is 0. The lowest BCUT2D eigenvalue weighted by Crippen LogP contribution is -2.33. The lowest BCUT2D eigenvalue weighted by atomic mass is 9.90. The molecule has 0 N–H and O–H groups in total. The summed E-state index contributed by atoms with van der Waals surface area (Å²) in [6.07, 6.45) is 2.75. The smallest absolute Gasteiger partial charge is 0.299 e. The summed E-state index contributed by atoms with van der Waals surface area (Å²) in [6, 6.07) is 9.60. The van der Waals surface area contributed by atoms with Crippen LogP contribution in [-0.4, -0.2) is 23.0 Å². The number of likely N-dealkylation sites (tertiary alicyclic amines) is 1. The summed E-state index contributed by atoms with van der Waals surface area (Å²) in [4.78, 5) is 6.48. The molecule has 1 fully saturated rings. The number of aromatic nitrogens is 1. The number of alkyl halides is 3. The molecule has 3 rings (SSSR count). The summed E-state index contributed by atoms with van der Waals surface area (Å²) >= 11 is 0. The van der Waals surface area contributed by atoms with Crippen molar-refractivity contribution in [3.05, 3.63) is 65.5 Å². The van der Waals surface area contributed by atoms with Crippen LogP contribution in [0.1, 0.15) is 29.5 Å². The molecule has 0 amide bonds. The van der Waals surface area contributed by atoms with Gasteiger partial charge in [0.2, 0.25) is 0 Å². The molecule has 1 aromatic carbocycles. The van der Waals surface area contributed by atoms with Crippen LogP contribution < -0.4 is 0 Å². The average molecular weight is 334 g/mol. The maximum atomic E-state index is 12.6. The molecule has 0 radical (unpaired) electrons. The minimum Gasteiger partial charge on any atom is -0.299 e. The fraction of sp³-hybridized carbons (Fsp3) is 0.421. The van der Waals surface area contributed by atoms with Crippen molar-refractivity contribution in [2.24, 2.45) is 5.92 Å². The first-order valence-corrected chi connectivity index (χ1v) is 8.28. The van der Waals surface area contributed by atoms with E-state index >= 15 is 0 Å². The predicted molar refractivity (Wildman–Crippen MR) is 87.4 cm³/mol. The second-order valence-corrected chi connectivity index (χ2v) is 6.48. The van der Waals surface area contributed by atoms with Crippen LogP contribution in [-0.2, 0) is 19.1 Å². The van der Waals surface area contributed by atoms with Crippen molar-refractivity contribution in [2.75, 3.05) is 13.1 Å². The molecule has 24 heavy (non-hydrogen) atoms. The van der Waals surface area contributed by atoms with Crippen molar-refractivity contribution in [3.63, 3.8) is 0 Å². The Morgan fingerprint density at radius 1 is 1.00 bits per heavy atom. The Morgan fingerprint density at radius 2 is 1.71 bits per heavy atom. The van der Waals surface area contributed by atoms with Crippen LogP contribution in [0.5, 0.6) is 0 Å². The largest absolute Gasteiger partial charge is 0.416 e. The summed E-state index contributed by atoms with van der Waals surface area (Å²) in [5.74, 6) is 0.665. The molecule has 2 heterocycles. The van der Waals surface area contributed by atoms with Crippen molar-refractivity contribution >= 4 is 0 Å². The topological polar surface area (TPSA) is 16.1 Å². The first kappa shape index (κ1) is 17.0. The SMILES string of the molecule is FC(F)(F)c1ccc(CN2CCC(Cc3cccnc3)CC2)cc1. The van der Waals surface area contributed by atoms with E-state index < -0.39 is 11.7 Å². The monoisotopic (exact) mass is 334 g/mol. The number of nitrogens with zero attached hydrogens (tertiary/aromatic N) is 2. The molecule has 128 valence electrons. The number of pyridine rings is 1. The Balaban J connectivity index is 1.48. The highest BCUT2D eigenvalue weighted by atomic mass is 19.4. The van der Waals surface area contributed by atoms with Gasteiger partial charge in [0.05, 0.1) is 5.56 Å². The van der Waals surface area contributed by atoms with E-state index in [-0.39, 0.29) is 0 Å². The molecule has 0 unspecified atom stereocenters. The number of benzene rings is 1. The van der Waals surface area contributed by atoms with Gasteiger partial charge in [-0.3, -0.25) is 9.88 Å². The van der Waals surface area contributed by atoms with Gasteiger partial charge in [-0.05, 0) is 67.6 Å². The highest BCUT2D eigenvalue weighted by Gasteiger charge is 2.30. The minimum atomic E-state index is -4.26. The van der Waals surface area contributed by atoms with Crippen LogP contribution in [0.25, 0.3) is 0 Å². The molecule has 1 aliphatic heterocycles. The van der Waals surface area contributed by atoms with Gasteiger partial charge in [-0.25, -0.2) is 0 Å². The highest BCUT2D eigenvalue weighted by molar-refractivity contribution is 5.24. The zero-order valence-electron chi connectivity index (χ0n) is 13.5. The molecule has 2 nitrogen and oxygen atoms in total. The number of piperidine rings is 1.